The third-order valence-electron chi connectivity index (χ3n) is 4.26. The van der Waals surface area contributed by atoms with Gasteiger partial charge in [0.25, 0.3) is 0 Å². The molecule has 0 spiro atoms. The van der Waals surface area contributed by atoms with Crippen LogP contribution < -0.4 is 20.1 Å². The van der Waals surface area contributed by atoms with Crippen molar-refractivity contribution in [2.45, 2.75) is 13.3 Å². The predicted octanol–water partition coefficient (Wildman–Crippen LogP) is 4.76. The van der Waals surface area contributed by atoms with Gasteiger partial charge in [-0.05, 0) is 61.0 Å². The van der Waals surface area contributed by atoms with Crippen LogP contribution in [0.15, 0.2) is 78.9 Å². The highest BCUT2D eigenvalue weighted by Crippen LogP contribution is 2.17. The van der Waals surface area contributed by atoms with Crippen molar-refractivity contribution in [2.75, 3.05) is 30.4 Å². The van der Waals surface area contributed by atoms with Crippen molar-refractivity contribution < 1.29 is 14.3 Å². The van der Waals surface area contributed by atoms with Gasteiger partial charge in [0.15, 0.2) is 0 Å². The van der Waals surface area contributed by atoms with Gasteiger partial charge in [-0.1, -0.05) is 30.3 Å². The summed E-state index contributed by atoms with van der Waals surface area (Å²) in [7, 11) is 0. The lowest BCUT2D eigenvalue weighted by atomic mass is 10.2. The molecule has 0 aromatic heterocycles. The average Bonchev–Trinajstić information content (AvgIpc) is 2.75. The lowest BCUT2D eigenvalue weighted by Gasteiger charge is -2.10. The summed E-state index contributed by atoms with van der Waals surface area (Å²) in [6.45, 7) is 3.37. The minimum atomic E-state index is -0.114. The first kappa shape index (κ1) is 20.3. The van der Waals surface area contributed by atoms with Gasteiger partial charge in [0.05, 0.1) is 19.8 Å². The summed E-state index contributed by atoms with van der Waals surface area (Å²) >= 11 is 0. The molecule has 0 atom stereocenters. The van der Waals surface area contributed by atoms with E-state index in [0.717, 1.165) is 29.3 Å². The number of hydrogen-bond donors (Lipinski definition) is 2. The minimum absolute atomic E-state index is 0.114. The van der Waals surface area contributed by atoms with E-state index in [1.807, 2.05) is 73.7 Å². The SMILES string of the molecule is CCOc1ccc(NCC(=O)Nc2ccc(OCCc3ccccc3)cc2)cc1. The van der Waals surface area contributed by atoms with Gasteiger partial charge in [-0.15, -0.1) is 0 Å². The highest BCUT2D eigenvalue weighted by molar-refractivity contribution is 5.93. The van der Waals surface area contributed by atoms with Crippen LogP contribution in [0, 0.1) is 0 Å². The second-order valence-corrected chi connectivity index (χ2v) is 6.47. The van der Waals surface area contributed by atoms with Crippen LogP contribution in [0.1, 0.15) is 12.5 Å². The Morgan fingerprint density at radius 3 is 2.07 bits per heavy atom. The average molecular weight is 390 g/mol. The van der Waals surface area contributed by atoms with E-state index < -0.39 is 0 Å². The van der Waals surface area contributed by atoms with Crippen LogP contribution in [-0.2, 0) is 11.2 Å². The van der Waals surface area contributed by atoms with Crippen LogP contribution in [0.2, 0.25) is 0 Å². The molecule has 0 aliphatic carbocycles. The molecule has 150 valence electrons. The second-order valence-electron chi connectivity index (χ2n) is 6.47. The number of amides is 1. The number of anilines is 2. The highest BCUT2D eigenvalue weighted by atomic mass is 16.5. The maximum Gasteiger partial charge on any atom is 0.243 e. The molecule has 0 saturated carbocycles. The van der Waals surface area contributed by atoms with Crippen molar-refractivity contribution in [1.29, 1.82) is 0 Å². The third kappa shape index (κ3) is 6.88. The molecule has 0 aliphatic rings. The Morgan fingerprint density at radius 1 is 0.793 bits per heavy atom. The Hall–Kier alpha value is -3.47. The maximum atomic E-state index is 12.1. The molecule has 0 heterocycles. The van der Waals surface area contributed by atoms with Gasteiger partial charge in [-0.3, -0.25) is 4.79 Å². The molecule has 0 bridgehead atoms. The molecule has 5 heteroatoms. The quantitative estimate of drug-likeness (QED) is 0.524. The summed E-state index contributed by atoms with van der Waals surface area (Å²) in [5.41, 5.74) is 2.85. The molecule has 3 aromatic carbocycles. The first-order valence-electron chi connectivity index (χ1n) is 9.76. The van der Waals surface area contributed by atoms with E-state index in [-0.39, 0.29) is 12.5 Å². The Balaban J connectivity index is 1.40. The first-order chi connectivity index (χ1) is 14.2. The lowest BCUT2D eigenvalue weighted by molar-refractivity contribution is -0.114. The molecular weight excluding hydrogens is 364 g/mol. The number of rotatable bonds is 10. The number of benzene rings is 3. The summed E-state index contributed by atoms with van der Waals surface area (Å²) in [5, 5.41) is 5.97. The summed E-state index contributed by atoms with van der Waals surface area (Å²) in [4.78, 5) is 12.1. The van der Waals surface area contributed by atoms with Crippen molar-refractivity contribution in [3.63, 3.8) is 0 Å². The van der Waals surface area contributed by atoms with Gasteiger partial charge >= 0.3 is 0 Å². The van der Waals surface area contributed by atoms with Crippen molar-refractivity contribution in [1.82, 2.24) is 0 Å². The van der Waals surface area contributed by atoms with Crippen LogP contribution in [0.3, 0.4) is 0 Å². The molecule has 3 aromatic rings. The first-order valence-corrected chi connectivity index (χ1v) is 9.76. The standard InChI is InChI=1S/C24H26N2O3/c1-2-28-22-12-8-20(9-13-22)25-18-24(27)26-21-10-14-23(15-11-21)29-17-16-19-6-4-3-5-7-19/h3-15,25H,2,16-18H2,1H3,(H,26,27). The molecule has 0 unspecified atom stereocenters. The van der Waals surface area contributed by atoms with E-state index in [2.05, 4.69) is 22.8 Å². The van der Waals surface area contributed by atoms with Crippen molar-refractivity contribution in [2.24, 2.45) is 0 Å². The lowest BCUT2D eigenvalue weighted by Crippen LogP contribution is -2.21. The van der Waals surface area contributed by atoms with Crippen LogP contribution in [0.5, 0.6) is 11.5 Å². The van der Waals surface area contributed by atoms with Gasteiger partial charge in [-0.2, -0.15) is 0 Å². The van der Waals surface area contributed by atoms with Crippen LogP contribution >= 0.6 is 0 Å². The third-order valence-corrected chi connectivity index (χ3v) is 4.26. The molecule has 0 radical (unpaired) electrons. The smallest absolute Gasteiger partial charge is 0.243 e. The topological polar surface area (TPSA) is 59.6 Å². The second kappa shape index (κ2) is 10.8. The fraction of sp³-hybridized carbons (Fsp3) is 0.208. The van der Waals surface area contributed by atoms with Crippen molar-refractivity contribution in [3.05, 3.63) is 84.4 Å². The van der Waals surface area contributed by atoms with Crippen LogP contribution in [0.25, 0.3) is 0 Å². The molecule has 0 aliphatic heterocycles. The molecule has 1 amide bonds. The number of nitrogens with one attached hydrogen (secondary N) is 2. The fourth-order valence-electron chi connectivity index (χ4n) is 2.79. The number of carbonyl (C=O) groups is 1. The van der Waals surface area contributed by atoms with E-state index in [1.54, 1.807) is 0 Å². The van der Waals surface area contributed by atoms with Gasteiger partial charge < -0.3 is 20.1 Å². The molecule has 5 nitrogen and oxygen atoms in total. The molecule has 2 N–H and O–H groups in total. The predicted molar refractivity (Wildman–Crippen MR) is 117 cm³/mol. The highest BCUT2D eigenvalue weighted by Gasteiger charge is 2.03. The monoisotopic (exact) mass is 390 g/mol. The largest absolute Gasteiger partial charge is 0.494 e. The van der Waals surface area contributed by atoms with Gasteiger partial charge in [0.2, 0.25) is 5.91 Å². The van der Waals surface area contributed by atoms with E-state index >= 15 is 0 Å². The van der Waals surface area contributed by atoms with E-state index in [1.165, 1.54) is 5.56 Å². The number of hydrogen-bond acceptors (Lipinski definition) is 4. The molecule has 0 saturated heterocycles. The van der Waals surface area contributed by atoms with Gasteiger partial charge in [-0.25, -0.2) is 0 Å². The Morgan fingerprint density at radius 2 is 1.41 bits per heavy atom. The van der Waals surface area contributed by atoms with Crippen LogP contribution in [0.4, 0.5) is 11.4 Å². The van der Waals surface area contributed by atoms with Gasteiger partial charge in [0.1, 0.15) is 11.5 Å². The number of ether oxygens (including phenoxy) is 2. The maximum absolute atomic E-state index is 12.1. The summed E-state index contributed by atoms with van der Waals surface area (Å²) in [6, 6.07) is 25.2. The van der Waals surface area contributed by atoms with Gasteiger partial charge in [0, 0.05) is 17.8 Å². The summed E-state index contributed by atoms with van der Waals surface area (Å²) < 4.78 is 11.2. The molecule has 3 rings (SSSR count). The number of carbonyl (C=O) groups excluding carboxylic acids is 1. The Labute approximate surface area is 171 Å². The van der Waals surface area contributed by atoms with E-state index in [4.69, 9.17) is 9.47 Å². The van der Waals surface area contributed by atoms with E-state index in [0.29, 0.717) is 13.2 Å². The zero-order valence-corrected chi connectivity index (χ0v) is 16.6. The Bertz CT molecular complexity index is 878. The molecule has 0 fully saturated rings. The summed E-state index contributed by atoms with van der Waals surface area (Å²) in [6.07, 6.45) is 0.858. The van der Waals surface area contributed by atoms with Crippen molar-refractivity contribution >= 4 is 17.3 Å². The minimum Gasteiger partial charge on any atom is -0.494 e. The summed E-state index contributed by atoms with van der Waals surface area (Å²) in [5.74, 6) is 1.48. The van der Waals surface area contributed by atoms with Crippen LogP contribution in [-0.4, -0.2) is 25.7 Å². The molecular formula is C24H26N2O3. The van der Waals surface area contributed by atoms with Crippen molar-refractivity contribution in [3.8, 4) is 11.5 Å². The Kier molecular flexibility index (Phi) is 7.52. The zero-order chi connectivity index (χ0) is 20.3. The fourth-order valence-corrected chi connectivity index (χ4v) is 2.79. The normalized spacial score (nSPS) is 10.2. The zero-order valence-electron chi connectivity index (χ0n) is 16.6. The molecule has 29 heavy (non-hydrogen) atoms. The van der Waals surface area contributed by atoms with E-state index in [9.17, 15) is 4.79 Å².